The third-order valence-electron chi connectivity index (χ3n) is 2.59. The molecule has 0 unspecified atom stereocenters. The van der Waals surface area contributed by atoms with E-state index in [9.17, 15) is 9.18 Å². The summed E-state index contributed by atoms with van der Waals surface area (Å²) in [5, 5.41) is 7.60. The van der Waals surface area contributed by atoms with Crippen molar-refractivity contribution in [3.63, 3.8) is 0 Å². The molecule has 0 aliphatic heterocycles. The van der Waals surface area contributed by atoms with Crippen LogP contribution >= 0.6 is 0 Å². The van der Waals surface area contributed by atoms with Crippen LogP contribution in [-0.4, -0.2) is 26.6 Å². The number of carbonyl (C=O) groups is 1. The molecular weight excluding hydrogens is 289 g/mol. The van der Waals surface area contributed by atoms with Gasteiger partial charge in [0, 0.05) is 7.05 Å². The minimum absolute atomic E-state index is 0.0333. The number of aryl methyl sites for hydroxylation is 1. The second-order valence-corrected chi connectivity index (χ2v) is 5.82. The molecule has 0 saturated heterocycles. The molecule has 0 amide bonds. The SMILES string of the molecule is Cn1cc(COc2cc(C(=O)OC(C)(C)C)ccc2F)nn1. The van der Waals surface area contributed by atoms with E-state index in [1.807, 2.05) is 0 Å². The molecule has 0 saturated carbocycles. The summed E-state index contributed by atoms with van der Waals surface area (Å²) in [6.07, 6.45) is 1.66. The van der Waals surface area contributed by atoms with Crippen molar-refractivity contribution < 1.29 is 18.7 Å². The second-order valence-electron chi connectivity index (χ2n) is 5.82. The van der Waals surface area contributed by atoms with Crippen molar-refractivity contribution in [3.8, 4) is 5.75 Å². The van der Waals surface area contributed by atoms with Gasteiger partial charge >= 0.3 is 5.97 Å². The van der Waals surface area contributed by atoms with Crippen LogP contribution in [-0.2, 0) is 18.4 Å². The van der Waals surface area contributed by atoms with Crippen LogP contribution in [0.4, 0.5) is 4.39 Å². The summed E-state index contributed by atoms with van der Waals surface area (Å²) in [4.78, 5) is 12.0. The zero-order chi connectivity index (χ0) is 16.3. The molecule has 1 aromatic heterocycles. The maximum atomic E-state index is 13.8. The Morgan fingerprint density at radius 1 is 1.36 bits per heavy atom. The molecule has 7 heteroatoms. The summed E-state index contributed by atoms with van der Waals surface area (Å²) in [5.41, 5.74) is 0.168. The minimum atomic E-state index is -0.619. The Morgan fingerprint density at radius 3 is 2.68 bits per heavy atom. The highest BCUT2D eigenvalue weighted by Gasteiger charge is 2.19. The van der Waals surface area contributed by atoms with Crippen LogP contribution in [0.5, 0.6) is 5.75 Å². The largest absolute Gasteiger partial charge is 0.484 e. The lowest BCUT2D eigenvalue weighted by Crippen LogP contribution is -2.23. The number of esters is 1. The first-order valence-electron chi connectivity index (χ1n) is 6.75. The zero-order valence-electron chi connectivity index (χ0n) is 13.0. The van der Waals surface area contributed by atoms with Crippen LogP contribution in [0.15, 0.2) is 24.4 Å². The Kier molecular flexibility index (Phi) is 4.44. The predicted molar refractivity (Wildman–Crippen MR) is 76.9 cm³/mol. The molecule has 22 heavy (non-hydrogen) atoms. The average molecular weight is 307 g/mol. The Morgan fingerprint density at radius 2 is 2.09 bits per heavy atom. The summed E-state index contributed by atoms with van der Waals surface area (Å²) in [6.45, 7) is 5.35. The van der Waals surface area contributed by atoms with Crippen LogP contribution in [0.3, 0.4) is 0 Å². The van der Waals surface area contributed by atoms with Crippen molar-refractivity contribution in [1.29, 1.82) is 0 Å². The first-order chi connectivity index (χ1) is 10.2. The van der Waals surface area contributed by atoms with Gasteiger partial charge in [-0.05, 0) is 39.0 Å². The highest BCUT2D eigenvalue weighted by atomic mass is 19.1. The molecule has 2 rings (SSSR count). The molecule has 1 aromatic carbocycles. The van der Waals surface area contributed by atoms with E-state index in [1.165, 1.54) is 22.9 Å². The van der Waals surface area contributed by atoms with E-state index in [4.69, 9.17) is 9.47 Å². The van der Waals surface area contributed by atoms with Crippen molar-refractivity contribution in [2.75, 3.05) is 0 Å². The van der Waals surface area contributed by atoms with E-state index in [2.05, 4.69) is 10.3 Å². The molecule has 0 radical (unpaired) electrons. The van der Waals surface area contributed by atoms with E-state index in [0.717, 1.165) is 0 Å². The average Bonchev–Trinajstić information content (AvgIpc) is 2.81. The maximum Gasteiger partial charge on any atom is 0.338 e. The number of ether oxygens (including phenoxy) is 2. The van der Waals surface area contributed by atoms with Crippen molar-refractivity contribution in [3.05, 3.63) is 41.5 Å². The van der Waals surface area contributed by atoms with Gasteiger partial charge in [-0.2, -0.15) is 0 Å². The first-order valence-corrected chi connectivity index (χ1v) is 6.75. The highest BCUT2D eigenvalue weighted by molar-refractivity contribution is 5.90. The van der Waals surface area contributed by atoms with Crippen molar-refractivity contribution in [2.24, 2.45) is 7.05 Å². The van der Waals surface area contributed by atoms with Gasteiger partial charge in [-0.15, -0.1) is 5.10 Å². The smallest absolute Gasteiger partial charge is 0.338 e. The van der Waals surface area contributed by atoms with Gasteiger partial charge in [-0.25, -0.2) is 9.18 Å². The van der Waals surface area contributed by atoms with Crippen molar-refractivity contribution in [1.82, 2.24) is 15.0 Å². The third kappa shape index (κ3) is 4.28. The van der Waals surface area contributed by atoms with Gasteiger partial charge in [0.15, 0.2) is 11.6 Å². The fourth-order valence-corrected chi connectivity index (χ4v) is 1.69. The lowest BCUT2D eigenvalue weighted by Gasteiger charge is -2.19. The van der Waals surface area contributed by atoms with Crippen LogP contribution in [0.25, 0.3) is 0 Å². The number of nitrogens with zero attached hydrogens (tertiary/aromatic N) is 3. The van der Waals surface area contributed by atoms with Crippen LogP contribution in [0, 0.1) is 5.82 Å². The Hall–Kier alpha value is -2.44. The van der Waals surface area contributed by atoms with Crippen LogP contribution in [0.2, 0.25) is 0 Å². The Labute approximate surface area is 127 Å². The van der Waals surface area contributed by atoms with Gasteiger partial charge < -0.3 is 9.47 Å². The maximum absolute atomic E-state index is 13.8. The molecule has 6 nitrogen and oxygen atoms in total. The molecular formula is C15H18FN3O3. The van der Waals surface area contributed by atoms with Crippen molar-refractivity contribution in [2.45, 2.75) is 33.0 Å². The summed E-state index contributed by atoms with van der Waals surface area (Å²) < 4.78 is 25.9. The third-order valence-corrected chi connectivity index (χ3v) is 2.59. The number of halogens is 1. The van der Waals surface area contributed by atoms with E-state index >= 15 is 0 Å². The summed E-state index contributed by atoms with van der Waals surface area (Å²) in [5.74, 6) is -1.12. The molecule has 0 aliphatic carbocycles. The molecule has 0 spiro atoms. The highest BCUT2D eigenvalue weighted by Crippen LogP contribution is 2.21. The van der Waals surface area contributed by atoms with E-state index in [0.29, 0.717) is 5.69 Å². The number of rotatable bonds is 4. The van der Waals surface area contributed by atoms with Crippen LogP contribution < -0.4 is 4.74 Å². The second kappa shape index (κ2) is 6.13. The molecule has 0 N–H and O–H groups in total. The summed E-state index contributed by atoms with van der Waals surface area (Å²) in [6, 6.07) is 3.85. The zero-order valence-corrected chi connectivity index (χ0v) is 13.0. The number of benzene rings is 1. The molecule has 0 bridgehead atoms. The normalized spacial score (nSPS) is 11.3. The predicted octanol–water partition coefficient (Wildman–Crippen LogP) is 2.49. The first kappa shape index (κ1) is 15.9. The van der Waals surface area contributed by atoms with Crippen molar-refractivity contribution >= 4 is 5.97 Å². The Balaban J connectivity index is 2.11. The molecule has 2 aromatic rings. The lowest BCUT2D eigenvalue weighted by molar-refractivity contribution is 0.00690. The van der Waals surface area contributed by atoms with Gasteiger partial charge in [-0.3, -0.25) is 4.68 Å². The van der Waals surface area contributed by atoms with Gasteiger partial charge in [0.25, 0.3) is 0 Å². The van der Waals surface area contributed by atoms with Gasteiger partial charge in [-0.1, -0.05) is 5.21 Å². The summed E-state index contributed by atoms with van der Waals surface area (Å²) >= 11 is 0. The molecule has 1 heterocycles. The fourth-order valence-electron chi connectivity index (χ4n) is 1.69. The molecule has 0 fully saturated rings. The monoisotopic (exact) mass is 307 g/mol. The molecule has 0 atom stereocenters. The van der Waals surface area contributed by atoms with Gasteiger partial charge in [0.2, 0.25) is 0 Å². The number of aromatic nitrogens is 3. The summed E-state index contributed by atoms with van der Waals surface area (Å²) in [7, 11) is 1.72. The van der Waals surface area contributed by atoms with E-state index in [-0.39, 0.29) is 17.9 Å². The lowest BCUT2D eigenvalue weighted by atomic mass is 10.1. The fraction of sp³-hybridized carbons (Fsp3) is 0.400. The van der Waals surface area contributed by atoms with Gasteiger partial charge in [0.1, 0.15) is 17.9 Å². The quantitative estimate of drug-likeness (QED) is 0.812. The Bertz CT molecular complexity index is 677. The number of carbonyl (C=O) groups excluding carboxylic acids is 1. The van der Waals surface area contributed by atoms with Crippen LogP contribution in [0.1, 0.15) is 36.8 Å². The van der Waals surface area contributed by atoms with E-state index in [1.54, 1.807) is 34.0 Å². The minimum Gasteiger partial charge on any atom is -0.484 e. The molecule has 118 valence electrons. The number of hydrogen-bond acceptors (Lipinski definition) is 5. The topological polar surface area (TPSA) is 66.2 Å². The molecule has 0 aliphatic rings. The van der Waals surface area contributed by atoms with E-state index < -0.39 is 17.4 Å². The standard InChI is InChI=1S/C15H18FN3O3/c1-15(2,3)22-14(20)10-5-6-12(16)13(7-10)21-9-11-8-19(4)18-17-11/h5-8H,9H2,1-4H3. The van der Waals surface area contributed by atoms with Gasteiger partial charge in [0.05, 0.1) is 11.8 Å². The number of hydrogen-bond donors (Lipinski definition) is 0.